The van der Waals surface area contributed by atoms with Crippen molar-refractivity contribution < 1.29 is 9.53 Å². The number of carbonyl (C=O) groups excluding carboxylic acids is 1. The van der Waals surface area contributed by atoms with Crippen molar-refractivity contribution in [2.24, 2.45) is 4.99 Å². The average Bonchev–Trinajstić information content (AvgIpc) is 2.28. The molecule has 0 bridgehead atoms. The van der Waals surface area contributed by atoms with Crippen LogP contribution >= 0.6 is 11.8 Å². The van der Waals surface area contributed by atoms with Crippen molar-refractivity contribution in [1.82, 2.24) is 5.32 Å². The topological polar surface area (TPSA) is 50.7 Å². The summed E-state index contributed by atoms with van der Waals surface area (Å²) in [6, 6.07) is 0.0791. The Morgan fingerprint density at radius 2 is 2.53 bits per heavy atom. The molecule has 1 aliphatic heterocycles. The van der Waals surface area contributed by atoms with Crippen LogP contribution in [0, 0.1) is 0 Å². The van der Waals surface area contributed by atoms with E-state index in [-0.39, 0.29) is 12.0 Å². The molecule has 0 radical (unpaired) electrons. The molecule has 0 fully saturated rings. The predicted molar refractivity (Wildman–Crippen MR) is 63.2 cm³/mol. The first-order chi connectivity index (χ1) is 7.17. The summed E-state index contributed by atoms with van der Waals surface area (Å²) in [5, 5.41) is 3.94. The summed E-state index contributed by atoms with van der Waals surface area (Å²) in [5.41, 5.74) is 0. The van der Waals surface area contributed by atoms with Crippen LogP contribution in [0.2, 0.25) is 0 Å². The van der Waals surface area contributed by atoms with Gasteiger partial charge in [-0.1, -0.05) is 18.7 Å². The number of nitrogens with zero attached hydrogens (tertiary/aromatic N) is 1. The van der Waals surface area contributed by atoms with Gasteiger partial charge in [-0.2, -0.15) is 0 Å². The third kappa shape index (κ3) is 3.74. The van der Waals surface area contributed by atoms with E-state index in [1.54, 1.807) is 18.7 Å². The highest BCUT2D eigenvalue weighted by Crippen LogP contribution is 2.18. The summed E-state index contributed by atoms with van der Waals surface area (Å²) in [7, 11) is 1.39. The number of carbonyl (C=O) groups is 1. The maximum absolute atomic E-state index is 11.2. The highest BCUT2D eigenvalue weighted by molar-refractivity contribution is 8.13. The first kappa shape index (κ1) is 12.4. The number of nitrogens with one attached hydrogen (secondary N) is 1. The summed E-state index contributed by atoms with van der Waals surface area (Å²) >= 11 is 1.67. The Kier molecular flexibility index (Phi) is 4.94. The van der Waals surface area contributed by atoms with Crippen molar-refractivity contribution in [2.75, 3.05) is 12.9 Å². The molecule has 1 rings (SSSR count). The number of hydrogen-bond donors (Lipinski definition) is 1. The van der Waals surface area contributed by atoms with E-state index in [1.807, 2.05) is 0 Å². The third-order valence-corrected chi connectivity index (χ3v) is 3.29. The van der Waals surface area contributed by atoms with E-state index in [2.05, 4.69) is 22.0 Å². The summed E-state index contributed by atoms with van der Waals surface area (Å²) in [4.78, 5) is 15.7. The minimum Gasteiger partial charge on any atom is -0.467 e. The molecule has 0 spiro atoms. The van der Waals surface area contributed by atoms with Crippen LogP contribution in [-0.2, 0) is 9.53 Å². The third-order valence-electron chi connectivity index (χ3n) is 2.36. The molecule has 1 heterocycles. The maximum Gasteiger partial charge on any atom is 0.328 e. The van der Waals surface area contributed by atoms with E-state index in [4.69, 9.17) is 0 Å². The number of hydrogen-bond acceptors (Lipinski definition) is 5. The smallest absolute Gasteiger partial charge is 0.328 e. The molecule has 15 heavy (non-hydrogen) atoms. The molecule has 86 valence electrons. The number of amidine groups is 1. The molecular weight excluding hydrogens is 212 g/mol. The van der Waals surface area contributed by atoms with Gasteiger partial charge in [0.05, 0.1) is 13.2 Å². The van der Waals surface area contributed by atoms with Crippen LogP contribution in [-0.4, -0.2) is 36.1 Å². The van der Waals surface area contributed by atoms with E-state index in [0.717, 1.165) is 23.8 Å². The van der Waals surface area contributed by atoms with Gasteiger partial charge in [0.15, 0.2) is 5.17 Å². The molecule has 2 unspecified atom stereocenters. The summed E-state index contributed by atoms with van der Waals surface area (Å²) < 4.78 is 4.64. The second-order valence-electron chi connectivity index (χ2n) is 3.52. The Balaban J connectivity index is 2.50. The molecule has 2 atom stereocenters. The van der Waals surface area contributed by atoms with E-state index in [1.165, 1.54) is 7.11 Å². The van der Waals surface area contributed by atoms with E-state index in [0.29, 0.717) is 6.04 Å². The molecule has 0 amide bonds. The van der Waals surface area contributed by atoms with Crippen LogP contribution in [0.1, 0.15) is 26.7 Å². The van der Waals surface area contributed by atoms with Crippen molar-refractivity contribution in [3.63, 3.8) is 0 Å². The van der Waals surface area contributed by atoms with Gasteiger partial charge < -0.3 is 10.1 Å². The molecule has 0 aromatic heterocycles. The quantitative estimate of drug-likeness (QED) is 0.745. The monoisotopic (exact) mass is 230 g/mol. The van der Waals surface area contributed by atoms with Gasteiger partial charge in [0.1, 0.15) is 6.04 Å². The molecule has 1 N–H and O–H groups in total. The molecular formula is C10H18N2O2S. The predicted octanol–water partition coefficient (Wildman–Crippen LogP) is 1.41. The molecule has 0 aromatic rings. The number of rotatable bonds is 3. The lowest BCUT2D eigenvalue weighted by molar-refractivity contribution is -0.142. The maximum atomic E-state index is 11.2. The molecule has 0 saturated carbocycles. The number of thioether (sulfide) groups is 1. The zero-order chi connectivity index (χ0) is 11.3. The summed E-state index contributed by atoms with van der Waals surface area (Å²) in [6.45, 7) is 3.91. The van der Waals surface area contributed by atoms with E-state index >= 15 is 0 Å². The number of aliphatic imine (C=N–C) groups is 1. The van der Waals surface area contributed by atoms with E-state index in [9.17, 15) is 4.79 Å². The molecule has 0 saturated heterocycles. The van der Waals surface area contributed by atoms with Crippen LogP contribution in [0.3, 0.4) is 0 Å². The van der Waals surface area contributed by atoms with Gasteiger partial charge in [-0.25, -0.2) is 4.79 Å². The fourth-order valence-corrected chi connectivity index (χ4v) is 2.42. The molecule has 0 aliphatic carbocycles. The second-order valence-corrected chi connectivity index (χ2v) is 4.61. The lowest BCUT2D eigenvalue weighted by Gasteiger charge is -2.21. The largest absolute Gasteiger partial charge is 0.467 e. The number of esters is 1. The van der Waals surface area contributed by atoms with Gasteiger partial charge in [0.25, 0.3) is 0 Å². The van der Waals surface area contributed by atoms with Crippen molar-refractivity contribution in [2.45, 2.75) is 38.8 Å². The van der Waals surface area contributed by atoms with Crippen molar-refractivity contribution >= 4 is 22.9 Å². The Bertz CT molecular complexity index is 256. The Morgan fingerprint density at radius 1 is 1.80 bits per heavy atom. The molecule has 1 aliphatic rings. The Hall–Kier alpha value is -0.710. The van der Waals surface area contributed by atoms with Gasteiger partial charge in [0.2, 0.25) is 0 Å². The molecule has 5 heteroatoms. The Morgan fingerprint density at radius 3 is 3.13 bits per heavy atom. The fraction of sp³-hybridized carbons (Fsp3) is 0.800. The van der Waals surface area contributed by atoms with Crippen molar-refractivity contribution in [1.29, 1.82) is 0 Å². The summed E-state index contributed by atoms with van der Waals surface area (Å²) in [5.74, 6) is 0.815. The SMILES string of the molecule is CCC1CCSC(NC(C)C(=O)OC)=N1. The second kappa shape index (κ2) is 6.00. The van der Waals surface area contributed by atoms with Gasteiger partial charge in [-0.15, -0.1) is 0 Å². The molecule has 0 aromatic carbocycles. The van der Waals surface area contributed by atoms with Gasteiger partial charge >= 0.3 is 5.97 Å². The number of methoxy groups -OCH3 is 1. The zero-order valence-electron chi connectivity index (χ0n) is 9.45. The standard InChI is InChI=1S/C10H18N2O2S/c1-4-8-5-6-15-10(12-8)11-7(2)9(13)14-3/h7-8H,4-6H2,1-3H3,(H,11,12). The fourth-order valence-electron chi connectivity index (χ4n) is 1.35. The highest BCUT2D eigenvalue weighted by atomic mass is 32.2. The number of ether oxygens (including phenoxy) is 1. The van der Waals surface area contributed by atoms with Crippen LogP contribution in [0.15, 0.2) is 4.99 Å². The van der Waals surface area contributed by atoms with Gasteiger partial charge in [-0.3, -0.25) is 4.99 Å². The van der Waals surface area contributed by atoms with E-state index < -0.39 is 0 Å². The van der Waals surface area contributed by atoms with Gasteiger partial charge in [0, 0.05) is 5.75 Å². The lowest BCUT2D eigenvalue weighted by atomic mass is 10.2. The highest BCUT2D eigenvalue weighted by Gasteiger charge is 2.18. The molecule has 4 nitrogen and oxygen atoms in total. The zero-order valence-corrected chi connectivity index (χ0v) is 10.3. The summed E-state index contributed by atoms with van der Waals surface area (Å²) in [6.07, 6.45) is 2.18. The van der Waals surface area contributed by atoms with Crippen LogP contribution < -0.4 is 5.32 Å². The Labute approximate surface area is 94.9 Å². The van der Waals surface area contributed by atoms with Gasteiger partial charge in [-0.05, 0) is 19.8 Å². The van der Waals surface area contributed by atoms with Crippen LogP contribution in [0.5, 0.6) is 0 Å². The van der Waals surface area contributed by atoms with Crippen LogP contribution in [0.4, 0.5) is 0 Å². The first-order valence-electron chi connectivity index (χ1n) is 5.22. The lowest BCUT2D eigenvalue weighted by Crippen LogP contribution is -2.39. The first-order valence-corrected chi connectivity index (χ1v) is 6.21. The average molecular weight is 230 g/mol. The van der Waals surface area contributed by atoms with Crippen LogP contribution in [0.25, 0.3) is 0 Å². The van der Waals surface area contributed by atoms with Crippen molar-refractivity contribution in [3.05, 3.63) is 0 Å². The normalized spacial score (nSPS) is 22.9. The minimum atomic E-state index is -0.322. The minimum absolute atomic E-state index is 0.253. The van der Waals surface area contributed by atoms with Crippen molar-refractivity contribution in [3.8, 4) is 0 Å².